The van der Waals surface area contributed by atoms with Gasteiger partial charge in [0.1, 0.15) is 17.7 Å². The van der Waals surface area contributed by atoms with Crippen LogP contribution in [0.3, 0.4) is 0 Å². The molecule has 1 aliphatic carbocycles. The van der Waals surface area contributed by atoms with Gasteiger partial charge in [-0.3, -0.25) is 20.2 Å². The highest BCUT2D eigenvalue weighted by Crippen LogP contribution is 2.53. The second kappa shape index (κ2) is 10.1. The third-order valence-corrected chi connectivity index (χ3v) is 5.05. The Morgan fingerprint density at radius 3 is 1.36 bits per heavy atom. The van der Waals surface area contributed by atoms with Gasteiger partial charge < -0.3 is 0 Å². The van der Waals surface area contributed by atoms with Crippen LogP contribution in [0.4, 0.5) is 11.4 Å². The van der Waals surface area contributed by atoms with E-state index < -0.39 is 26.8 Å². The summed E-state index contributed by atoms with van der Waals surface area (Å²) >= 11 is 0. The molecule has 0 spiro atoms. The molecular weight excluding hydrogens is 462 g/mol. The monoisotopic (exact) mass is 471 g/mol. The van der Waals surface area contributed by atoms with Crippen molar-refractivity contribution < 1.29 is 9.85 Å². The van der Waals surface area contributed by atoms with Gasteiger partial charge >= 0.3 is 0 Å². The first-order chi connectivity index (χ1) is 17.3. The molecule has 0 bridgehead atoms. The first-order valence-corrected chi connectivity index (χ1v) is 9.77. The Kier molecular flexibility index (Phi) is 6.79. The highest BCUT2D eigenvalue weighted by molar-refractivity contribution is 6.09. The SMILES string of the molecule is N#CC(C#N)=C1c2cc(C#N)cc([N+](=O)[O-])c2-c2c1cc(C#N)cc2[N+](=O)[O-].N#Cc1ccccc1. The minimum Gasteiger partial charge on any atom is -0.258 e. The average molecular weight is 471 g/mol. The quantitative estimate of drug-likeness (QED) is 0.226. The summed E-state index contributed by atoms with van der Waals surface area (Å²) in [6.45, 7) is 0. The van der Waals surface area contributed by atoms with Gasteiger partial charge in [-0.1, -0.05) is 18.2 Å². The molecule has 0 N–H and O–H groups in total. The van der Waals surface area contributed by atoms with Gasteiger partial charge in [-0.25, -0.2) is 0 Å². The van der Waals surface area contributed by atoms with E-state index in [1.54, 1.807) is 36.4 Å². The van der Waals surface area contributed by atoms with Crippen molar-refractivity contribution in [2.75, 3.05) is 0 Å². The predicted molar refractivity (Wildman–Crippen MR) is 123 cm³/mol. The lowest BCUT2D eigenvalue weighted by molar-refractivity contribution is -0.386. The molecule has 0 aliphatic heterocycles. The van der Waals surface area contributed by atoms with Crippen molar-refractivity contribution in [1.29, 1.82) is 26.3 Å². The molecule has 36 heavy (non-hydrogen) atoms. The van der Waals surface area contributed by atoms with Gasteiger partial charge in [-0.2, -0.15) is 26.3 Å². The van der Waals surface area contributed by atoms with Gasteiger partial charge in [0.15, 0.2) is 0 Å². The number of hydrogen-bond acceptors (Lipinski definition) is 9. The maximum atomic E-state index is 11.6. The summed E-state index contributed by atoms with van der Waals surface area (Å²) in [5, 5.41) is 68.5. The lowest BCUT2D eigenvalue weighted by Crippen LogP contribution is -1.97. The van der Waals surface area contributed by atoms with Crippen molar-refractivity contribution in [3.05, 3.63) is 108 Å². The molecule has 0 fully saturated rings. The molecule has 0 radical (unpaired) electrons. The molecular formula is C25H9N7O4. The van der Waals surface area contributed by atoms with Crippen LogP contribution < -0.4 is 0 Å². The molecule has 168 valence electrons. The zero-order valence-corrected chi connectivity index (χ0v) is 18.0. The summed E-state index contributed by atoms with van der Waals surface area (Å²) in [7, 11) is 0. The van der Waals surface area contributed by atoms with E-state index in [1.807, 2.05) is 24.3 Å². The van der Waals surface area contributed by atoms with Crippen molar-refractivity contribution in [1.82, 2.24) is 0 Å². The van der Waals surface area contributed by atoms with Gasteiger partial charge in [0.2, 0.25) is 0 Å². The maximum absolute atomic E-state index is 11.6. The summed E-state index contributed by atoms with van der Waals surface area (Å²) in [6, 6.07) is 22.4. The highest BCUT2D eigenvalue weighted by Gasteiger charge is 2.39. The molecule has 3 aromatic rings. The smallest absolute Gasteiger partial charge is 0.258 e. The number of benzene rings is 3. The van der Waals surface area contributed by atoms with E-state index in [0.717, 1.165) is 12.1 Å². The lowest BCUT2D eigenvalue weighted by atomic mass is 9.97. The first-order valence-electron chi connectivity index (χ1n) is 9.77. The molecule has 0 aromatic heterocycles. The normalized spacial score (nSPS) is 9.92. The first kappa shape index (κ1) is 24.3. The minimum absolute atomic E-state index is 0.0166. The fourth-order valence-corrected chi connectivity index (χ4v) is 3.65. The van der Waals surface area contributed by atoms with Crippen LogP contribution in [-0.4, -0.2) is 9.85 Å². The van der Waals surface area contributed by atoms with E-state index in [1.165, 1.54) is 12.1 Å². The second-order valence-electron chi connectivity index (χ2n) is 7.03. The van der Waals surface area contributed by atoms with Crippen molar-refractivity contribution >= 4 is 16.9 Å². The van der Waals surface area contributed by atoms with Crippen LogP contribution in [0.5, 0.6) is 0 Å². The Morgan fingerprint density at radius 2 is 1.06 bits per heavy atom. The molecule has 1 aliphatic rings. The van der Waals surface area contributed by atoms with Crippen LogP contribution in [0.2, 0.25) is 0 Å². The fraction of sp³-hybridized carbons (Fsp3) is 0. The Hall–Kier alpha value is -6.35. The number of hydrogen-bond donors (Lipinski definition) is 0. The summed E-state index contributed by atoms with van der Waals surface area (Å²) in [5.74, 6) is 0. The zero-order chi connectivity index (χ0) is 26.4. The standard InChI is InChI=1S/C18H4N6O4.C7H5N/c19-5-9-1-12-16(11(7-21)8-22)13-2-10(6-20)4-15(24(27)28)18(13)17(12)14(3-9)23(25)26;8-6-7-4-2-1-3-5-7/h1-4H;1-5H. The zero-order valence-electron chi connectivity index (χ0n) is 18.0. The Bertz CT molecular complexity index is 1590. The van der Waals surface area contributed by atoms with E-state index in [4.69, 9.17) is 5.26 Å². The molecule has 11 nitrogen and oxygen atoms in total. The highest BCUT2D eigenvalue weighted by atomic mass is 16.6. The van der Waals surface area contributed by atoms with Crippen molar-refractivity contribution in [2.45, 2.75) is 0 Å². The summed E-state index contributed by atoms with van der Waals surface area (Å²) in [6.07, 6.45) is 0. The molecule has 0 atom stereocenters. The van der Waals surface area contributed by atoms with E-state index in [-0.39, 0.29) is 39.0 Å². The topological polar surface area (TPSA) is 205 Å². The molecule has 0 unspecified atom stereocenters. The van der Waals surface area contributed by atoms with Crippen molar-refractivity contribution in [3.8, 4) is 41.5 Å². The molecule has 4 rings (SSSR count). The molecule has 0 heterocycles. The van der Waals surface area contributed by atoms with E-state index >= 15 is 0 Å². The van der Waals surface area contributed by atoms with Gasteiger partial charge in [0.05, 0.1) is 55.9 Å². The number of nitro groups is 2. The Balaban J connectivity index is 0.000000383. The van der Waals surface area contributed by atoms with Crippen LogP contribution in [0.25, 0.3) is 16.7 Å². The average Bonchev–Trinajstić information content (AvgIpc) is 3.22. The van der Waals surface area contributed by atoms with Crippen LogP contribution in [0, 0.1) is 76.9 Å². The van der Waals surface area contributed by atoms with Crippen LogP contribution in [0.1, 0.15) is 27.8 Å². The largest absolute Gasteiger partial charge is 0.279 e. The second-order valence-corrected chi connectivity index (χ2v) is 7.03. The predicted octanol–water partition coefficient (Wildman–Crippen LogP) is 4.63. The summed E-state index contributed by atoms with van der Waals surface area (Å²) in [4.78, 5) is 21.6. The number of nitro benzene ring substituents is 2. The van der Waals surface area contributed by atoms with Crippen LogP contribution >= 0.6 is 0 Å². The van der Waals surface area contributed by atoms with E-state index in [0.29, 0.717) is 5.56 Å². The Labute approximate surface area is 203 Å². The maximum Gasteiger partial charge on any atom is 0.279 e. The van der Waals surface area contributed by atoms with E-state index in [2.05, 4.69) is 0 Å². The molecule has 11 heteroatoms. The lowest BCUT2D eigenvalue weighted by Gasteiger charge is -2.04. The van der Waals surface area contributed by atoms with Crippen molar-refractivity contribution in [3.63, 3.8) is 0 Å². The van der Waals surface area contributed by atoms with Crippen LogP contribution in [-0.2, 0) is 0 Å². The number of nitrogens with zero attached hydrogens (tertiary/aromatic N) is 7. The van der Waals surface area contributed by atoms with Gasteiger partial charge in [0.25, 0.3) is 11.4 Å². The molecule has 3 aromatic carbocycles. The molecule has 0 saturated carbocycles. The van der Waals surface area contributed by atoms with Crippen LogP contribution in [0.15, 0.2) is 60.2 Å². The number of fused-ring (bicyclic) bond motifs is 3. The third kappa shape index (κ3) is 4.29. The van der Waals surface area contributed by atoms with Gasteiger partial charge in [0, 0.05) is 28.8 Å². The van der Waals surface area contributed by atoms with Gasteiger partial charge in [-0.05, 0) is 24.3 Å². The summed E-state index contributed by atoms with van der Waals surface area (Å²) in [5.41, 5.74) is -1.59. The van der Waals surface area contributed by atoms with Crippen molar-refractivity contribution in [2.24, 2.45) is 0 Å². The third-order valence-electron chi connectivity index (χ3n) is 5.05. The number of nitriles is 5. The molecule has 0 amide bonds. The molecule has 0 saturated heterocycles. The number of allylic oxidation sites excluding steroid dienone is 1. The van der Waals surface area contributed by atoms with E-state index in [9.17, 15) is 41.3 Å². The Morgan fingerprint density at radius 1 is 0.639 bits per heavy atom. The fourth-order valence-electron chi connectivity index (χ4n) is 3.65. The minimum atomic E-state index is -0.799. The number of rotatable bonds is 2. The van der Waals surface area contributed by atoms with Gasteiger partial charge in [-0.15, -0.1) is 0 Å². The summed E-state index contributed by atoms with van der Waals surface area (Å²) < 4.78 is 0.